The lowest BCUT2D eigenvalue weighted by molar-refractivity contribution is -0.126. The lowest BCUT2D eigenvalue weighted by atomic mass is 9.97. The highest BCUT2D eigenvalue weighted by molar-refractivity contribution is 7.89. The quantitative estimate of drug-likeness (QED) is 0.872. The van der Waals surface area contributed by atoms with Crippen molar-refractivity contribution in [3.8, 4) is 0 Å². The first-order valence-electron chi connectivity index (χ1n) is 9.30. The van der Waals surface area contributed by atoms with Crippen LogP contribution in [-0.4, -0.2) is 37.5 Å². The van der Waals surface area contributed by atoms with Gasteiger partial charge < -0.3 is 5.32 Å². The summed E-state index contributed by atoms with van der Waals surface area (Å²) in [5.74, 6) is -0.205. The number of nitrogens with one attached hydrogen (secondary N) is 1. The summed E-state index contributed by atoms with van der Waals surface area (Å²) in [4.78, 5) is 12.6. The van der Waals surface area contributed by atoms with E-state index in [4.69, 9.17) is 0 Å². The van der Waals surface area contributed by atoms with Crippen molar-refractivity contribution in [3.05, 3.63) is 34.9 Å². The Bertz CT molecular complexity index is 745. The summed E-state index contributed by atoms with van der Waals surface area (Å²) < 4.78 is 25.6. The van der Waals surface area contributed by atoms with Crippen LogP contribution in [0.4, 0.5) is 0 Å². The van der Waals surface area contributed by atoms with Gasteiger partial charge in [0.1, 0.15) is 0 Å². The zero-order valence-corrected chi connectivity index (χ0v) is 15.9. The Labute approximate surface area is 150 Å². The molecule has 25 heavy (non-hydrogen) atoms. The molecule has 5 nitrogen and oxygen atoms in total. The molecule has 1 heterocycles. The predicted molar refractivity (Wildman–Crippen MR) is 98.8 cm³/mol. The van der Waals surface area contributed by atoms with Crippen molar-refractivity contribution in [2.24, 2.45) is 5.92 Å². The van der Waals surface area contributed by atoms with E-state index in [1.54, 1.807) is 6.92 Å². The molecule has 1 fully saturated rings. The largest absolute Gasteiger partial charge is 0.349 e. The van der Waals surface area contributed by atoms with E-state index in [2.05, 4.69) is 23.5 Å². The Kier molecular flexibility index (Phi) is 5.49. The van der Waals surface area contributed by atoms with E-state index in [1.165, 1.54) is 21.9 Å². The first kappa shape index (κ1) is 18.4. The van der Waals surface area contributed by atoms with Crippen molar-refractivity contribution in [1.29, 1.82) is 0 Å². The Hall–Kier alpha value is -1.40. The normalized spacial score (nSPS) is 22.4. The van der Waals surface area contributed by atoms with Gasteiger partial charge in [-0.15, -0.1) is 0 Å². The van der Waals surface area contributed by atoms with Gasteiger partial charge in [0.05, 0.1) is 17.7 Å². The summed E-state index contributed by atoms with van der Waals surface area (Å²) in [5.41, 5.74) is 3.95. The van der Waals surface area contributed by atoms with Gasteiger partial charge in [-0.2, -0.15) is 0 Å². The molecule has 138 valence electrons. The molecule has 1 amide bonds. The van der Waals surface area contributed by atoms with Crippen LogP contribution in [0.2, 0.25) is 0 Å². The van der Waals surface area contributed by atoms with Crippen molar-refractivity contribution in [1.82, 2.24) is 9.62 Å². The number of amides is 1. The lowest BCUT2D eigenvalue weighted by Crippen LogP contribution is -2.46. The third-order valence-electron chi connectivity index (χ3n) is 5.49. The highest BCUT2D eigenvalue weighted by atomic mass is 32.2. The molecule has 1 N–H and O–H groups in total. The van der Waals surface area contributed by atoms with Crippen LogP contribution in [0.5, 0.6) is 0 Å². The number of piperidine rings is 1. The zero-order chi connectivity index (χ0) is 18.0. The number of sulfonamides is 1. The van der Waals surface area contributed by atoms with Crippen LogP contribution >= 0.6 is 0 Å². The summed E-state index contributed by atoms with van der Waals surface area (Å²) in [7, 11) is -3.22. The topological polar surface area (TPSA) is 66.5 Å². The second kappa shape index (κ2) is 7.46. The summed E-state index contributed by atoms with van der Waals surface area (Å²) in [5, 5.41) is 3.09. The minimum Gasteiger partial charge on any atom is -0.349 e. The Morgan fingerprint density at radius 3 is 2.80 bits per heavy atom. The maximum Gasteiger partial charge on any atom is 0.224 e. The van der Waals surface area contributed by atoms with Gasteiger partial charge in [-0.05, 0) is 62.6 Å². The molecule has 1 aliphatic heterocycles. The van der Waals surface area contributed by atoms with Crippen molar-refractivity contribution in [2.75, 3.05) is 18.8 Å². The fourth-order valence-corrected chi connectivity index (χ4v) is 5.05. The molecule has 1 aliphatic carbocycles. The van der Waals surface area contributed by atoms with Crippen LogP contribution in [0.1, 0.15) is 55.8 Å². The summed E-state index contributed by atoms with van der Waals surface area (Å²) in [6.45, 7) is 4.48. The molecule has 0 radical (unpaired) electrons. The van der Waals surface area contributed by atoms with Crippen LogP contribution in [-0.2, 0) is 27.7 Å². The molecule has 0 bridgehead atoms. The first-order chi connectivity index (χ1) is 11.9. The van der Waals surface area contributed by atoms with E-state index >= 15 is 0 Å². The minimum atomic E-state index is -3.22. The van der Waals surface area contributed by atoms with E-state index in [0.29, 0.717) is 13.1 Å². The first-order valence-corrected chi connectivity index (χ1v) is 10.9. The maximum atomic E-state index is 12.6. The van der Waals surface area contributed by atoms with Crippen molar-refractivity contribution in [2.45, 2.75) is 52.0 Å². The molecule has 6 heteroatoms. The van der Waals surface area contributed by atoms with E-state index < -0.39 is 10.0 Å². The highest BCUT2D eigenvalue weighted by Crippen LogP contribution is 2.26. The van der Waals surface area contributed by atoms with Gasteiger partial charge >= 0.3 is 0 Å². The van der Waals surface area contributed by atoms with Gasteiger partial charge in [0, 0.05) is 13.1 Å². The molecule has 1 aromatic rings. The van der Waals surface area contributed by atoms with Crippen LogP contribution in [0, 0.1) is 5.92 Å². The Balaban J connectivity index is 1.63. The number of benzene rings is 1. The second-order valence-corrected chi connectivity index (χ2v) is 9.47. The molecular formula is C19H28N2O3S. The number of nitrogens with zero attached hydrogens (tertiary/aromatic N) is 1. The van der Waals surface area contributed by atoms with Crippen molar-refractivity contribution < 1.29 is 13.2 Å². The van der Waals surface area contributed by atoms with Gasteiger partial charge in [-0.1, -0.05) is 18.2 Å². The van der Waals surface area contributed by atoms with Crippen LogP contribution in [0.15, 0.2) is 18.2 Å². The molecule has 2 aliphatic rings. The molecule has 0 aromatic heterocycles. The second-order valence-electron chi connectivity index (χ2n) is 7.21. The van der Waals surface area contributed by atoms with Gasteiger partial charge in [0.2, 0.25) is 15.9 Å². The standard InChI is InChI=1S/C19H28N2O3S/c1-3-25(23,24)21-11-5-8-18(13-21)19(22)20-14(2)16-10-9-15-6-4-7-17(15)12-16/h9-10,12,14,18H,3-8,11,13H2,1-2H3,(H,20,22). The third-order valence-corrected chi connectivity index (χ3v) is 7.34. The maximum absolute atomic E-state index is 12.6. The van der Waals surface area contributed by atoms with Crippen molar-refractivity contribution >= 4 is 15.9 Å². The van der Waals surface area contributed by atoms with E-state index in [9.17, 15) is 13.2 Å². The highest BCUT2D eigenvalue weighted by Gasteiger charge is 2.32. The van der Waals surface area contributed by atoms with Gasteiger partial charge in [0.15, 0.2) is 0 Å². The van der Waals surface area contributed by atoms with Crippen molar-refractivity contribution in [3.63, 3.8) is 0 Å². The molecule has 0 saturated carbocycles. The predicted octanol–water partition coefficient (Wildman–Crippen LogP) is 2.41. The van der Waals surface area contributed by atoms with Gasteiger partial charge in [0.25, 0.3) is 0 Å². The smallest absolute Gasteiger partial charge is 0.224 e. The van der Waals surface area contributed by atoms with Crippen LogP contribution in [0.3, 0.4) is 0 Å². The number of carbonyl (C=O) groups is 1. The molecule has 2 atom stereocenters. The van der Waals surface area contributed by atoms with Crippen LogP contribution < -0.4 is 5.32 Å². The average Bonchev–Trinajstić information content (AvgIpc) is 3.09. The molecular weight excluding hydrogens is 336 g/mol. The molecule has 0 spiro atoms. The fourth-order valence-electron chi connectivity index (χ4n) is 3.87. The number of rotatable bonds is 5. The molecule has 1 saturated heterocycles. The third kappa shape index (κ3) is 4.06. The SMILES string of the molecule is CCS(=O)(=O)N1CCCC(C(=O)NC(C)c2ccc3c(c2)CCC3)C1. The monoisotopic (exact) mass is 364 g/mol. The number of hydrogen-bond acceptors (Lipinski definition) is 3. The average molecular weight is 365 g/mol. The van der Waals surface area contributed by atoms with E-state index in [1.807, 2.05) is 6.92 Å². The van der Waals surface area contributed by atoms with Gasteiger partial charge in [-0.25, -0.2) is 12.7 Å². The van der Waals surface area contributed by atoms with Crippen LogP contribution in [0.25, 0.3) is 0 Å². The molecule has 3 rings (SSSR count). The molecule has 2 unspecified atom stereocenters. The lowest BCUT2D eigenvalue weighted by Gasteiger charge is -2.31. The van der Waals surface area contributed by atoms with Gasteiger partial charge in [-0.3, -0.25) is 4.79 Å². The van der Waals surface area contributed by atoms with E-state index in [0.717, 1.165) is 31.2 Å². The zero-order valence-electron chi connectivity index (χ0n) is 15.1. The summed E-state index contributed by atoms with van der Waals surface area (Å²) in [6, 6.07) is 6.43. The Morgan fingerprint density at radius 1 is 1.28 bits per heavy atom. The number of fused-ring (bicyclic) bond motifs is 1. The number of carbonyl (C=O) groups excluding carboxylic acids is 1. The molecule has 1 aromatic carbocycles. The summed E-state index contributed by atoms with van der Waals surface area (Å²) >= 11 is 0. The minimum absolute atomic E-state index is 0.0380. The number of hydrogen-bond donors (Lipinski definition) is 1. The summed E-state index contributed by atoms with van der Waals surface area (Å²) in [6.07, 6.45) is 4.98. The number of aryl methyl sites for hydroxylation is 2. The Morgan fingerprint density at radius 2 is 2.04 bits per heavy atom. The fraction of sp³-hybridized carbons (Fsp3) is 0.632. The van der Waals surface area contributed by atoms with E-state index in [-0.39, 0.29) is 23.6 Å².